The fraction of sp³-hybridized carbons (Fsp3) is 0.348. The van der Waals surface area contributed by atoms with Crippen LogP contribution in [0.5, 0.6) is 0 Å². The van der Waals surface area contributed by atoms with E-state index in [1.165, 1.54) is 43.2 Å². The summed E-state index contributed by atoms with van der Waals surface area (Å²) < 4.78 is 2.47. The number of hydrogen-bond acceptors (Lipinski definition) is 3. The average Bonchev–Trinajstić information content (AvgIpc) is 3.37. The van der Waals surface area contributed by atoms with Crippen LogP contribution in [-0.4, -0.2) is 19.5 Å². The highest BCUT2D eigenvalue weighted by Crippen LogP contribution is 2.38. The number of aryl methyl sites for hydroxylation is 1. The Kier molecular flexibility index (Phi) is 4.32. The van der Waals surface area contributed by atoms with E-state index in [0.717, 1.165) is 34.4 Å². The molecule has 0 radical (unpaired) electrons. The van der Waals surface area contributed by atoms with Crippen LogP contribution in [0.2, 0.25) is 0 Å². The van der Waals surface area contributed by atoms with Gasteiger partial charge in [0.25, 0.3) is 0 Å². The summed E-state index contributed by atoms with van der Waals surface area (Å²) in [5.74, 6) is 1.02. The Morgan fingerprint density at radius 3 is 2.93 bits per heavy atom. The van der Waals surface area contributed by atoms with Gasteiger partial charge in [0.05, 0.1) is 17.8 Å². The van der Waals surface area contributed by atoms with Crippen molar-refractivity contribution in [3.05, 3.63) is 48.3 Å². The third-order valence-electron chi connectivity index (χ3n) is 5.88. The highest BCUT2D eigenvalue weighted by atomic mass is 15.1. The number of nitrogens with one attached hydrogen (secondary N) is 1. The molecule has 1 aliphatic carbocycles. The van der Waals surface area contributed by atoms with Gasteiger partial charge in [-0.2, -0.15) is 5.26 Å². The quantitative estimate of drug-likeness (QED) is 0.513. The molecule has 0 saturated heterocycles. The highest BCUT2D eigenvalue weighted by Gasteiger charge is 2.24. The number of hydrogen-bond donors (Lipinski definition) is 1. The first-order chi connectivity index (χ1) is 13.8. The standard InChI is InChI=1S/C23H23N5/c24-12-5-7-16-6-4-8-17(14-16)23-27-20-15-26-22-19(11-13-25-22)21(20)28(23)18-9-2-1-3-10-18/h4,6,8,11,13-15,18H,1-3,5,7,9-10H2,(H,25,26). The predicted molar refractivity (Wildman–Crippen MR) is 111 cm³/mol. The summed E-state index contributed by atoms with van der Waals surface area (Å²) in [7, 11) is 0. The molecule has 1 saturated carbocycles. The van der Waals surface area contributed by atoms with Gasteiger partial charge in [-0.15, -0.1) is 0 Å². The minimum absolute atomic E-state index is 0.469. The van der Waals surface area contributed by atoms with Gasteiger partial charge in [-0.3, -0.25) is 0 Å². The Morgan fingerprint density at radius 2 is 2.07 bits per heavy atom. The number of benzene rings is 1. The van der Waals surface area contributed by atoms with E-state index in [0.29, 0.717) is 12.5 Å². The molecule has 0 aliphatic heterocycles. The third kappa shape index (κ3) is 2.86. The molecule has 3 aromatic heterocycles. The lowest BCUT2D eigenvalue weighted by molar-refractivity contribution is 0.362. The molecule has 5 rings (SSSR count). The van der Waals surface area contributed by atoms with Gasteiger partial charge in [-0.1, -0.05) is 37.5 Å². The summed E-state index contributed by atoms with van der Waals surface area (Å²) in [5.41, 5.74) is 5.37. The number of imidazole rings is 1. The van der Waals surface area contributed by atoms with Crippen molar-refractivity contribution in [2.45, 2.75) is 51.0 Å². The van der Waals surface area contributed by atoms with Crippen molar-refractivity contribution < 1.29 is 0 Å². The lowest BCUT2D eigenvalue weighted by Gasteiger charge is -2.26. The zero-order chi connectivity index (χ0) is 18.9. The normalized spacial score (nSPS) is 15.2. The van der Waals surface area contributed by atoms with Crippen LogP contribution in [0.3, 0.4) is 0 Å². The summed E-state index contributed by atoms with van der Waals surface area (Å²) in [4.78, 5) is 12.8. The highest BCUT2D eigenvalue weighted by molar-refractivity contribution is 6.02. The van der Waals surface area contributed by atoms with Gasteiger partial charge in [-0.25, -0.2) is 9.97 Å². The fourth-order valence-electron chi connectivity index (χ4n) is 4.56. The average molecular weight is 369 g/mol. The maximum Gasteiger partial charge on any atom is 0.141 e. The maximum atomic E-state index is 8.93. The van der Waals surface area contributed by atoms with Gasteiger partial charge in [-0.05, 0) is 37.0 Å². The monoisotopic (exact) mass is 369 g/mol. The molecule has 5 heteroatoms. The molecule has 3 heterocycles. The van der Waals surface area contributed by atoms with Crippen LogP contribution >= 0.6 is 0 Å². The van der Waals surface area contributed by atoms with Gasteiger partial charge < -0.3 is 9.55 Å². The van der Waals surface area contributed by atoms with E-state index in [-0.39, 0.29) is 0 Å². The zero-order valence-electron chi connectivity index (χ0n) is 15.9. The summed E-state index contributed by atoms with van der Waals surface area (Å²) in [6, 6.07) is 13.3. The van der Waals surface area contributed by atoms with Crippen LogP contribution in [-0.2, 0) is 6.42 Å². The molecule has 0 unspecified atom stereocenters. The Balaban J connectivity index is 1.73. The number of pyridine rings is 1. The van der Waals surface area contributed by atoms with Crippen molar-refractivity contribution in [2.75, 3.05) is 0 Å². The summed E-state index contributed by atoms with van der Waals surface area (Å²) in [6.07, 6.45) is 11.4. The van der Waals surface area contributed by atoms with Crippen molar-refractivity contribution >= 4 is 22.1 Å². The van der Waals surface area contributed by atoms with Crippen molar-refractivity contribution in [3.63, 3.8) is 0 Å². The molecular weight excluding hydrogens is 346 g/mol. The molecule has 140 valence electrons. The molecule has 0 bridgehead atoms. The van der Waals surface area contributed by atoms with E-state index < -0.39 is 0 Å². The minimum Gasteiger partial charge on any atom is -0.346 e. The maximum absolute atomic E-state index is 8.93. The molecule has 1 N–H and O–H groups in total. The number of H-pyrrole nitrogens is 1. The predicted octanol–water partition coefficient (Wildman–Crippen LogP) is 5.54. The van der Waals surface area contributed by atoms with Gasteiger partial charge in [0.2, 0.25) is 0 Å². The molecule has 0 spiro atoms. The van der Waals surface area contributed by atoms with Crippen LogP contribution in [0.15, 0.2) is 42.7 Å². The van der Waals surface area contributed by atoms with E-state index in [9.17, 15) is 0 Å². The molecule has 5 nitrogen and oxygen atoms in total. The molecule has 1 aromatic carbocycles. The SMILES string of the molecule is N#CCCc1cccc(-c2nc3cnc4[nH]ccc4c3n2C2CCCCC2)c1. The summed E-state index contributed by atoms with van der Waals surface area (Å²) in [5, 5.41) is 10.1. The van der Waals surface area contributed by atoms with Gasteiger partial charge in [0.15, 0.2) is 0 Å². The first-order valence-electron chi connectivity index (χ1n) is 10.2. The van der Waals surface area contributed by atoms with Gasteiger partial charge in [0, 0.05) is 29.6 Å². The first kappa shape index (κ1) is 17.0. The van der Waals surface area contributed by atoms with Crippen LogP contribution in [0.1, 0.15) is 50.1 Å². The largest absolute Gasteiger partial charge is 0.346 e. The number of aromatic nitrogens is 4. The summed E-state index contributed by atoms with van der Waals surface area (Å²) in [6.45, 7) is 0. The van der Waals surface area contributed by atoms with Gasteiger partial charge >= 0.3 is 0 Å². The Labute approximate surface area is 164 Å². The van der Waals surface area contributed by atoms with Crippen LogP contribution < -0.4 is 0 Å². The lowest BCUT2D eigenvalue weighted by Crippen LogP contribution is -2.14. The molecule has 0 atom stereocenters. The van der Waals surface area contributed by atoms with Crippen molar-refractivity contribution in [3.8, 4) is 17.5 Å². The van der Waals surface area contributed by atoms with E-state index in [4.69, 9.17) is 10.2 Å². The van der Waals surface area contributed by atoms with Crippen molar-refractivity contribution in [1.29, 1.82) is 5.26 Å². The molecule has 1 aliphatic rings. The zero-order valence-corrected chi connectivity index (χ0v) is 15.9. The lowest BCUT2D eigenvalue weighted by atomic mass is 9.94. The van der Waals surface area contributed by atoms with Crippen LogP contribution in [0.4, 0.5) is 0 Å². The Bertz CT molecular complexity index is 1170. The first-order valence-corrected chi connectivity index (χ1v) is 10.2. The second kappa shape index (κ2) is 7.12. The molecule has 4 aromatic rings. The Morgan fingerprint density at radius 1 is 1.18 bits per heavy atom. The smallest absolute Gasteiger partial charge is 0.141 e. The van der Waals surface area contributed by atoms with Crippen LogP contribution in [0.25, 0.3) is 33.5 Å². The minimum atomic E-state index is 0.469. The molecule has 28 heavy (non-hydrogen) atoms. The second-order valence-corrected chi connectivity index (χ2v) is 7.69. The fourth-order valence-corrected chi connectivity index (χ4v) is 4.56. The van der Waals surface area contributed by atoms with E-state index in [1.807, 2.05) is 12.4 Å². The number of nitrogens with zero attached hydrogens (tertiary/aromatic N) is 4. The molecular formula is C23H23N5. The van der Waals surface area contributed by atoms with Crippen molar-refractivity contribution in [2.24, 2.45) is 0 Å². The number of fused-ring (bicyclic) bond motifs is 3. The third-order valence-corrected chi connectivity index (χ3v) is 5.88. The van der Waals surface area contributed by atoms with E-state index in [2.05, 4.69) is 50.9 Å². The van der Waals surface area contributed by atoms with Crippen LogP contribution in [0, 0.1) is 11.3 Å². The number of rotatable bonds is 4. The second-order valence-electron chi connectivity index (χ2n) is 7.69. The number of nitriles is 1. The molecule has 0 amide bonds. The van der Waals surface area contributed by atoms with Gasteiger partial charge in [0.1, 0.15) is 17.0 Å². The molecule has 1 fully saturated rings. The number of aromatic amines is 1. The van der Waals surface area contributed by atoms with E-state index >= 15 is 0 Å². The van der Waals surface area contributed by atoms with Crippen molar-refractivity contribution in [1.82, 2.24) is 19.5 Å². The van der Waals surface area contributed by atoms with E-state index in [1.54, 1.807) is 0 Å². The topological polar surface area (TPSA) is 70.3 Å². The Hall–Kier alpha value is -3.13. The summed E-state index contributed by atoms with van der Waals surface area (Å²) >= 11 is 0.